The Bertz CT molecular complexity index is 716. The minimum Gasteiger partial charge on any atom is -0.377 e. The molecule has 27 heavy (non-hydrogen) atoms. The van der Waals surface area contributed by atoms with Crippen molar-refractivity contribution < 1.29 is 14.3 Å². The lowest BCUT2D eigenvalue weighted by Crippen LogP contribution is -2.42. The van der Waals surface area contributed by atoms with Gasteiger partial charge in [0.25, 0.3) is 11.8 Å². The van der Waals surface area contributed by atoms with Gasteiger partial charge in [-0.3, -0.25) is 14.5 Å². The average Bonchev–Trinajstić information content (AvgIpc) is 2.86. The minimum absolute atomic E-state index is 0.0719. The Morgan fingerprint density at radius 1 is 1.04 bits per heavy atom. The summed E-state index contributed by atoms with van der Waals surface area (Å²) in [5.74, 6) is 0.603. The lowest BCUT2D eigenvalue weighted by molar-refractivity contribution is -0.138. The molecule has 5 nitrogen and oxygen atoms in total. The van der Waals surface area contributed by atoms with Gasteiger partial charge in [0.05, 0.1) is 24.8 Å². The highest BCUT2D eigenvalue weighted by Crippen LogP contribution is 2.34. The lowest BCUT2D eigenvalue weighted by atomic mass is 9.91. The molecule has 0 aliphatic carbocycles. The molecule has 0 radical (unpaired) electrons. The molecule has 0 bridgehead atoms. The van der Waals surface area contributed by atoms with Crippen LogP contribution in [0.25, 0.3) is 5.57 Å². The summed E-state index contributed by atoms with van der Waals surface area (Å²) in [6.07, 6.45) is 1.22. The summed E-state index contributed by atoms with van der Waals surface area (Å²) in [5, 5.41) is 0. The molecular weight excluding hydrogens is 340 g/mol. The number of nitrogens with zero attached hydrogens (tertiary/aromatic N) is 2. The summed E-state index contributed by atoms with van der Waals surface area (Å²) in [6, 6.07) is 9.55. The van der Waals surface area contributed by atoms with E-state index in [0.29, 0.717) is 29.7 Å². The van der Waals surface area contributed by atoms with Gasteiger partial charge in [0.1, 0.15) is 5.70 Å². The first-order chi connectivity index (χ1) is 12.9. The molecule has 3 rings (SSSR count). The molecule has 2 aliphatic rings. The molecule has 2 heterocycles. The van der Waals surface area contributed by atoms with Gasteiger partial charge in [-0.05, 0) is 37.7 Å². The highest BCUT2D eigenvalue weighted by Gasteiger charge is 2.42. The van der Waals surface area contributed by atoms with Gasteiger partial charge in [-0.15, -0.1) is 0 Å². The number of likely N-dealkylation sites (tertiary alicyclic amines) is 1. The molecule has 2 aliphatic heterocycles. The molecule has 2 unspecified atom stereocenters. The van der Waals surface area contributed by atoms with Crippen LogP contribution in [0.3, 0.4) is 0 Å². The maximum Gasteiger partial charge on any atom is 0.277 e. The predicted octanol–water partition coefficient (Wildman–Crippen LogP) is 3.17. The number of amides is 2. The first kappa shape index (κ1) is 19.6. The number of carbonyl (C=O) groups excluding carboxylic acids is 2. The van der Waals surface area contributed by atoms with Crippen LogP contribution in [0, 0.1) is 11.8 Å². The van der Waals surface area contributed by atoms with Gasteiger partial charge >= 0.3 is 0 Å². The Balaban J connectivity index is 1.94. The Morgan fingerprint density at radius 2 is 1.67 bits per heavy atom. The van der Waals surface area contributed by atoms with Crippen molar-refractivity contribution >= 4 is 17.4 Å². The van der Waals surface area contributed by atoms with Gasteiger partial charge in [-0.1, -0.05) is 44.2 Å². The Labute approximate surface area is 162 Å². The number of piperidine rings is 1. The molecule has 2 amide bonds. The van der Waals surface area contributed by atoms with Crippen molar-refractivity contribution in [1.82, 2.24) is 9.80 Å². The van der Waals surface area contributed by atoms with Crippen molar-refractivity contribution in [3.63, 3.8) is 0 Å². The first-order valence-corrected chi connectivity index (χ1v) is 9.91. The summed E-state index contributed by atoms with van der Waals surface area (Å²) < 4.78 is 5.58. The van der Waals surface area contributed by atoms with E-state index in [1.165, 1.54) is 4.90 Å². The number of imide groups is 1. The fourth-order valence-electron chi connectivity index (χ4n) is 4.15. The second-order valence-corrected chi connectivity index (χ2v) is 8.12. The van der Waals surface area contributed by atoms with Gasteiger partial charge < -0.3 is 9.64 Å². The average molecular weight is 370 g/mol. The first-order valence-electron chi connectivity index (χ1n) is 9.91. The maximum absolute atomic E-state index is 13.2. The topological polar surface area (TPSA) is 49.9 Å². The molecular formula is C22H30N2O3. The normalized spacial score (nSPS) is 23.7. The van der Waals surface area contributed by atoms with E-state index in [4.69, 9.17) is 4.74 Å². The summed E-state index contributed by atoms with van der Waals surface area (Å²) in [5.41, 5.74) is 1.91. The molecule has 0 aromatic heterocycles. The number of rotatable bonds is 6. The smallest absolute Gasteiger partial charge is 0.277 e. The Hall–Kier alpha value is -2.14. The highest BCUT2D eigenvalue weighted by molar-refractivity contribution is 6.35. The maximum atomic E-state index is 13.2. The van der Waals surface area contributed by atoms with E-state index in [0.717, 1.165) is 25.1 Å². The standard InChI is InChI=1S/C22H30N2O3/c1-15(2)27-11-10-24-21(25)19(18-8-6-5-7-9-18)20(22(24)26)23-13-16(3)12-17(4)14-23/h5-9,15-17H,10-14H2,1-4H3. The van der Waals surface area contributed by atoms with Gasteiger partial charge in [-0.25, -0.2) is 0 Å². The summed E-state index contributed by atoms with van der Waals surface area (Å²) in [6.45, 7) is 10.6. The second kappa shape index (κ2) is 8.26. The van der Waals surface area contributed by atoms with E-state index in [1.807, 2.05) is 44.2 Å². The van der Waals surface area contributed by atoms with Crippen LogP contribution >= 0.6 is 0 Å². The number of benzene rings is 1. The fourth-order valence-corrected chi connectivity index (χ4v) is 4.15. The third-order valence-corrected chi connectivity index (χ3v) is 5.16. The molecule has 2 atom stereocenters. The molecule has 1 aromatic rings. The van der Waals surface area contributed by atoms with Crippen molar-refractivity contribution in [2.24, 2.45) is 11.8 Å². The van der Waals surface area contributed by atoms with E-state index < -0.39 is 0 Å². The molecule has 1 fully saturated rings. The van der Waals surface area contributed by atoms with E-state index in [9.17, 15) is 9.59 Å². The summed E-state index contributed by atoms with van der Waals surface area (Å²) >= 11 is 0. The van der Waals surface area contributed by atoms with Gasteiger partial charge in [0, 0.05) is 13.1 Å². The predicted molar refractivity (Wildman–Crippen MR) is 106 cm³/mol. The summed E-state index contributed by atoms with van der Waals surface area (Å²) in [4.78, 5) is 29.9. The van der Waals surface area contributed by atoms with Crippen molar-refractivity contribution in [3.8, 4) is 0 Å². The lowest BCUT2D eigenvalue weighted by Gasteiger charge is -2.37. The van der Waals surface area contributed by atoms with Crippen LogP contribution in [0.1, 0.15) is 39.7 Å². The third kappa shape index (κ3) is 4.24. The van der Waals surface area contributed by atoms with Gasteiger partial charge in [0.15, 0.2) is 0 Å². The van der Waals surface area contributed by atoms with Crippen LogP contribution in [0.15, 0.2) is 36.0 Å². The van der Waals surface area contributed by atoms with Crippen LogP contribution in [0.4, 0.5) is 0 Å². The Morgan fingerprint density at radius 3 is 2.26 bits per heavy atom. The Kier molecular flexibility index (Phi) is 6.00. The zero-order chi connectivity index (χ0) is 19.6. The van der Waals surface area contributed by atoms with Crippen molar-refractivity contribution in [3.05, 3.63) is 41.6 Å². The molecule has 1 aromatic carbocycles. The minimum atomic E-state index is -0.209. The van der Waals surface area contributed by atoms with Gasteiger partial charge in [0.2, 0.25) is 0 Å². The number of hydrogen-bond donors (Lipinski definition) is 0. The van der Waals surface area contributed by atoms with Crippen molar-refractivity contribution in [2.45, 2.75) is 40.2 Å². The number of ether oxygens (including phenoxy) is 1. The molecule has 1 saturated heterocycles. The van der Waals surface area contributed by atoms with E-state index in [2.05, 4.69) is 18.7 Å². The van der Waals surface area contributed by atoms with E-state index in [1.54, 1.807) is 0 Å². The van der Waals surface area contributed by atoms with Crippen LogP contribution < -0.4 is 0 Å². The van der Waals surface area contributed by atoms with Crippen LogP contribution in [0.5, 0.6) is 0 Å². The zero-order valence-corrected chi connectivity index (χ0v) is 16.8. The third-order valence-electron chi connectivity index (χ3n) is 5.16. The molecule has 146 valence electrons. The fraction of sp³-hybridized carbons (Fsp3) is 0.545. The van der Waals surface area contributed by atoms with Crippen LogP contribution in [-0.2, 0) is 14.3 Å². The summed E-state index contributed by atoms with van der Waals surface area (Å²) in [7, 11) is 0. The van der Waals surface area contributed by atoms with E-state index >= 15 is 0 Å². The zero-order valence-electron chi connectivity index (χ0n) is 16.8. The van der Waals surface area contributed by atoms with Gasteiger partial charge in [-0.2, -0.15) is 0 Å². The molecule has 0 saturated carbocycles. The monoisotopic (exact) mass is 370 g/mol. The van der Waals surface area contributed by atoms with E-state index in [-0.39, 0.29) is 24.5 Å². The molecule has 0 N–H and O–H groups in total. The van der Waals surface area contributed by atoms with Crippen LogP contribution in [0.2, 0.25) is 0 Å². The largest absolute Gasteiger partial charge is 0.377 e. The van der Waals surface area contributed by atoms with Crippen molar-refractivity contribution in [2.75, 3.05) is 26.2 Å². The number of hydrogen-bond acceptors (Lipinski definition) is 4. The van der Waals surface area contributed by atoms with Crippen molar-refractivity contribution in [1.29, 1.82) is 0 Å². The highest BCUT2D eigenvalue weighted by atomic mass is 16.5. The van der Waals surface area contributed by atoms with Crippen LogP contribution in [-0.4, -0.2) is 54.0 Å². The number of carbonyl (C=O) groups is 2. The SMILES string of the molecule is CC1CC(C)CN(C2=C(c3ccccc3)C(=O)N(CCOC(C)C)C2=O)C1. The molecule has 0 spiro atoms. The molecule has 5 heteroatoms. The second-order valence-electron chi connectivity index (χ2n) is 8.12. The quantitative estimate of drug-likeness (QED) is 0.722.